The number of carbonyl (C=O) groups excluding carboxylic acids is 1. The van der Waals surface area contributed by atoms with Gasteiger partial charge in [-0.15, -0.1) is 11.3 Å². The molecule has 0 radical (unpaired) electrons. The smallest absolute Gasteiger partial charge is 0.326 e. The van der Waals surface area contributed by atoms with Crippen molar-refractivity contribution in [3.8, 4) is 0 Å². The number of amides is 1. The van der Waals surface area contributed by atoms with Gasteiger partial charge >= 0.3 is 5.97 Å². The third-order valence-electron chi connectivity index (χ3n) is 1.88. The summed E-state index contributed by atoms with van der Waals surface area (Å²) in [4.78, 5) is 26.2. The first-order valence-corrected chi connectivity index (χ1v) is 5.62. The standard InChI is InChI=1S/C10H12N2O3S/c1-2-3-4-7(10(14)15)12-9(13)8-5-16-6-11-8/h2-3,5-7H,4H2,1H3,(H,12,13)(H,14,15)/b3-2+. The van der Waals surface area contributed by atoms with Crippen LogP contribution >= 0.6 is 11.3 Å². The molecule has 16 heavy (non-hydrogen) atoms. The van der Waals surface area contributed by atoms with Crippen LogP contribution in [0, 0.1) is 0 Å². The second-order valence-corrected chi connectivity index (χ2v) is 3.76. The summed E-state index contributed by atoms with van der Waals surface area (Å²) >= 11 is 1.29. The molecule has 2 N–H and O–H groups in total. The summed E-state index contributed by atoms with van der Waals surface area (Å²) in [5.41, 5.74) is 1.77. The number of hydrogen-bond donors (Lipinski definition) is 2. The van der Waals surface area contributed by atoms with E-state index in [0.29, 0.717) is 0 Å². The van der Waals surface area contributed by atoms with Crippen LogP contribution in [-0.2, 0) is 4.79 Å². The number of rotatable bonds is 5. The summed E-state index contributed by atoms with van der Waals surface area (Å²) in [6, 6.07) is -0.912. The molecule has 1 rings (SSSR count). The molecule has 6 heteroatoms. The fraction of sp³-hybridized carbons (Fsp3) is 0.300. The quantitative estimate of drug-likeness (QED) is 0.760. The Bertz CT molecular complexity index is 387. The maximum atomic E-state index is 11.5. The minimum absolute atomic E-state index is 0.247. The van der Waals surface area contributed by atoms with E-state index in [0.717, 1.165) is 0 Å². The number of thiazole rings is 1. The summed E-state index contributed by atoms with van der Waals surface area (Å²) in [5, 5.41) is 12.9. The minimum Gasteiger partial charge on any atom is -0.480 e. The molecule has 1 aromatic heterocycles. The lowest BCUT2D eigenvalue weighted by Gasteiger charge is -2.11. The molecule has 0 saturated heterocycles. The van der Waals surface area contributed by atoms with Crippen molar-refractivity contribution < 1.29 is 14.7 Å². The number of carboxylic acids is 1. The number of aromatic nitrogens is 1. The number of carboxylic acid groups (broad SMARTS) is 1. The fourth-order valence-corrected chi connectivity index (χ4v) is 1.58. The highest BCUT2D eigenvalue weighted by molar-refractivity contribution is 7.07. The molecule has 0 aromatic carbocycles. The Morgan fingerprint density at radius 3 is 2.94 bits per heavy atom. The molecule has 0 saturated carbocycles. The van der Waals surface area contributed by atoms with Gasteiger partial charge < -0.3 is 10.4 Å². The van der Waals surface area contributed by atoms with Crippen molar-refractivity contribution in [2.24, 2.45) is 0 Å². The molecule has 0 aliphatic carbocycles. The topological polar surface area (TPSA) is 79.3 Å². The van der Waals surface area contributed by atoms with Crippen molar-refractivity contribution in [1.29, 1.82) is 0 Å². The molecule has 0 aliphatic heterocycles. The zero-order chi connectivity index (χ0) is 12.0. The maximum Gasteiger partial charge on any atom is 0.326 e. The van der Waals surface area contributed by atoms with E-state index in [1.54, 1.807) is 24.5 Å². The molecule has 0 fully saturated rings. The Kier molecular flexibility index (Phi) is 4.65. The lowest BCUT2D eigenvalue weighted by Crippen LogP contribution is -2.40. The van der Waals surface area contributed by atoms with Gasteiger partial charge in [0.05, 0.1) is 5.51 Å². The molecular weight excluding hydrogens is 228 g/mol. The Labute approximate surface area is 96.8 Å². The molecule has 0 aliphatic rings. The first kappa shape index (κ1) is 12.4. The molecule has 5 nitrogen and oxygen atoms in total. The molecule has 1 unspecified atom stereocenters. The fourth-order valence-electron chi connectivity index (χ4n) is 1.05. The van der Waals surface area contributed by atoms with Gasteiger partial charge in [0.25, 0.3) is 5.91 Å². The van der Waals surface area contributed by atoms with E-state index in [9.17, 15) is 9.59 Å². The van der Waals surface area contributed by atoms with Crippen LogP contribution in [0.4, 0.5) is 0 Å². The maximum absolute atomic E-state index is 11.5. The third kappa shape index (κ3) is 3.47. The number of hydrogen-bond acceptors (Lipinski definition) is 4. The van der Waals surface area contributed by atoms with Crippen LogP contribution in [0.3, 0.4) is 0 Å². The Hall–Kier alpha value is -1.69. The molecule has 1 atom stereocenters. The molecule has 0 spiro atoms. The monoisotopic (exact) mass is 240 g/mol. The van der Waals surface area contributed by atoms with E-state index in [4.69, 9.17) is 5.11 Å². The van der Waals surface area contributed by atoms with Gasteiger partial charge in [0.1, 0.15) is 11.7 Å². The summed E-state index contributed by atoms with van der Waals surface area (Å²) in [5.74, 6) is -1.51. The van der Waals surface area contributed by atoms with Gasteiger partial charge in [-0.1, -0.05) is 12.2 Å². The van der Waals surface area contributed by atoms with Crippen LogP contribution in [0.1, 0.15) is 23.8 Å². The number of carbonyl (C=O) groups is 2. The van der Waals surface area contributed by atoms with Crippen LogP contribution in [0.2, 0.25) is 0 Å². The molecule has 1 heterocycles. The van der Waals surface area contributed by atoms with Crippen LogP contribution in [0.5, 0.6) is 0 Å². The number of nitrogens with zero attached hydrogens (tertiary/aromatic N) is 1. The average molecular weight is 240 g/mol. The number of aliphatic carboxylic acids is 1. The molecule has 1 aromatic rings. The Balaban J connectivity index is 2.61. The molecule has 1 amide bonds. The molecular formula is C10H12N2O3S. The first-order chi connectivity index (χ1) is 7.65. The van der Waals surface area contributed by atoms with Crippen molar-refractivity contribution in [3.63, 3.8) is 0 Å². The second-order valence-electron chi connectivity index (χ2n) is 3.04. The second kappa shape index (κ2) is 6.02. The SMILES string of the molecule is C/C=C/CC(NC(=O)c1cscn1)C(=O)O. The van der Waals surface area contributed by atoms with E-state index in [1.165, 1.54) is 16.8 Å². The van der Waals surface area contributed by atoms with E-state index in [2.05, 4.69) is 10.3 Å². The van der Waals surface area contributed by atoms with E-state index in [-0.39, 0.29) is 12.1 Å². The van der Waals surface area contributed by atoms with E-state index >= 15 is 0 Å². The van der Waals surface area contributed by atoms with Gasteiger partial charge in [-0.2, -0.15) is 0 Å². The van der Waals surface area contributed by atoms with Crippen molar-refractivity contribution in [2.75, 3.05) is 0 Å². The normalized spacial score (nSPS) is 12.6. The lowest BCUT2D eigenvalue weighted by atomic mass is 10.2. The highest BCUT2D eigenvalue weighted by Crippen LogP contribution is 2.02. The molecule has 0 bridgehead atoms. The Morgan fingerprint density at radius 2 is 2.44 bits per heavy atom. The molecule has 86 valence electrons. The summed E-state index contributed by atoms with van der Waals surface area (Å²) < 4.78 is 0. The van der Waals surface area contributed by atoms with Crippen molar-refractivity contribution >= 4 is 23.2 Å². The summed E-state index contributed by atoms with van der Waals surface area (Å²) in [6.07, 6.45) is 3.70. The summed E-state index contributed by atoms with van der Waals surface area (Å²) in [6.45, 7) is 1.79. The zero-order valence-corrected chi connectivity index (χ0v) is 9.53. The van der Waals surface area contributed by atoms with Crippen LogP contribution in [0.15, 0.2) is 23.0 Å². The van der Waals surface area contributed by atoms with Crippen LogP contribution in [-0.4, -0.2) is 28.0 Å². The van der Waals surface area contributed by atoms with Crippen molar-refractivity contribution in [3.05, 3.63) is 28.7 Å². The number of allylic oxidation sites excluding steroid dienone is 1. The van der Waals surface area contributed by atoms with Crippen LogP contribution in [0.25, 0.3) is 0 Å². The van der Waals surface area contributed by atoms with Gasteiger partial charge in [-0.3, -0.25) is 4.79 Å². The van der Waals surface area contributed by atoms with Gasteiger partial charge in [-0.25, -0.2) is 9.78 Å². The minimum atomic E-state index is -1.05. The van der Waals surface area contributed by atoms with Gasteiger partial charge in [-0.05, 0) is 13.3 Å². The van der Waals surface area contributed by atoms with Gasteiger partial charge in [0, 0.05) is 5.38 Å². The van der Waals surface area contributed by atoms with Crippen LogP contribution < -0.4 is 5.32 Å². The Morgan fingerprint density at radius 1 is 1.69 bits per heavy atom. The van der Waals surface area contributed by atoms with E-state index in [1.807, 2.05) is 0 Å². The average Bonchev–Trinajstić information content (AvgIpc) is 2.76. The highest BCUT2D eigenvalue weighted by atomic mass is 32.1. The van der Waals surface area contributed by atoms with Gasteiger partial charge in [0.15, 0.2) is 0 Å². The predicted octanol–water partition coefficient (Wildman–Crippen LogP) is 1.29. The predicted molar refractivity (Wildman–Crippen MR) is 60.4 cm³/mol. The highest BCUT2D eigenvalue weighted by Gasteiger charge is 2.19. The first-order valence-electron chi connectivity index (χ1n) is 4.68. The van der Waals surface area contributed by atoms with Crippen molar-refractivity contribution in [1.82, 2.24) is 10.3 Å². The lowest BCUT2D eigenvalue weighted by molar-refractivity contribution is -0.139. The van der Waals surface area contributed by atoms with Gasteiger partial charge in [0.2, 0.25) is 0 Å². The van der Waals surface area contributed by atoms with Crippen molar-refractivity contribution in [2.45, 2.75) is 19.4 Å². The third-order valence-corrected chi connectivity index (χ3v) is 2.46. The summed E-state index contributed by atoms with van der Waals surface area (Å²) in [7, 11) is 0. The van der Waals surface area contributed by atoms with E-state index < -0.39 is 17.9 Å². The number of nitrogens with one attached hydrogen (secondary N) is 1. The largest absolute Gasteiger partial charge is 0.480 e. The zero-order valence-electron chi connectivity index (χ0n) is 8.71.